The van der Waals surface area contributed by atoms with E-state index in [2.05, 4.69) is 17.2 Å². The lowest BCUT2D eigenvalue weighted by Gasteiger charge is -1.98. The summed E-state index contributed by atoms with van der Waals surface area (Å²) in [5.41, 5.74) is 0.906. The second kappa shape index (κ2) is 5.58. The number of hydrogen-bond acceptors (Lipinski definition) is 5. The molecule has 1 amide bonds. The van der Waals surface area contributed by atoms with Crippen molar-refractivity contribution in [2.75, 3.05) is 13.3 Å². The average Bonchev–Trinajstić information content (AvgIpc) is 3.03. The number of nitrogens with one attached hydrogen (secondary N) is 1. The summed E-state index contributed by atoms with van der Waals surface area (Å²) >= 11 is 1.37. The highest BCUT2D eigenvalue weighted by Gasteiger charge is 2.23. The molecule has 1 saturated heterocycles. The van der Waals surface area contributed by atoms with E-state index in [4.69, 9.17) is 9.47 Å². The molecule has 1 fully saturated rings. The summed E-state index contributed by atoms with van der Waals surface area (Å²) in [6.45, 7) is 3.02. The van der Waals surface area contributed by atoms with E-state index in [1.165, 1.54) is 11.8 Å². The molecule has 2 aliphatic rings. The van der Waals surface area contributed by atoms with E-state index in [-0.39, 0.29) is 12.7 Å². The quantitative estimate of drug-likeness (QED) is 0.868. The van der Waals surface area contributed by atoms with Crippen LogP contribution in [0.2, 0.25) is 0 Å². The summed E-state index contributed by atoms with van der Waals surface area (Å²) in [7, 11) is 0. The topological polar surface area (TPSA) is 59.9 Å². The van der Waals surface area contributed by atoms with Gasteiger partial charge in [-0.2, -0.15) is 0 Å². The van der Waals surface area contributed by atoms with E-state index in [9.17, 15) is 4.79 Å². The number of nitrogens with zero attached hydrogens (tertiary/aromatic N) is 1. The average molecular weight is 290 g/mol. The third-order valence-electron chi connectivity index (χ3n) is 2.82. The highest BCUT2D eigenvalue weighted by atomic mass is 32.2. The van der Waals surface area contributed by atoms with Gasteiger partial charge in [0.05, 0.1) is 4.91 Å². The van der Waals surface area contributed by atoms with Crippen LogP contribution in [-0.2, 0) is 4.79 Å². The summed E-state index contributed by atoms with van der Waals surface area (Å²) in [4.78, 5) is 16.8. The molecule has 1 N–H and O–H groups in total. The van der Waals surface area contributed by atoms with Crippen LogP contribution in [0, 0.1) is 0 Å². The van der Waals surface area contributed by atoms with E-state index in [1.54, 1.807) is 0 Å². The van der Waals surface area contributed by atoms with Gasteiger partial charge < -0.3 is 14.8 Å². The molecule has 0 aromatic heterocycles. The molecule has 20 heavy (non-hydrogen) atoms. The third-order valence-corrected chi connectivity index (χ3v) is 3.77. The molecule has 0 bridgehead atoms. The minimum Gasteiger partial charge on any atom is -0.454 e. The summed E-state index contributed by atoms with van der Waals surface area (Å²) in [5, 5.41) is 3.43. The zero-order valence-electron chi connectivity index (χ0n) is 11.0. The highest BCUT2D eigenvalue weighted by Crippen LogP contribution is 2.34. The number of thioether (sulfide) groups is 1. The van der Waals surface area contributed by atoms with Crippen LogP contribution >= 0.6 is 11.8 Å². The van der Waals surface area contributed by atoms with Gasteiger partial charge in [0.1, 0.15) is 0 Å². The maximum absolute atomic E-state index is 11.8. The maximum Gasteiger partial charge on any atom is 0.264 e. The molecule has 5 nitrogen and oxygen atoms in total. The lowest BCUT2D eigenvalue weighted by atomic mass is 10.2. The molecule has 2 aliphatic heterocycles. The molecule has 1 aromatic carbocycles. The molecule has 104 valence electrons. The Morgan fingerprint density at radius 1 is 1.40 bits per heavy atom. The van der Waals surface area contributed by atoms with Crippen LogP contribution in [0.5, 0.6) is 11.5 Å². The first-order valence-electron chi connectivity index (χ1n) is 6.41. The Bertz CT molecular complexity index is 610. The van der Waals surface area contributed by atoms with Crippen LogP contribution in [0.1, 0.15) is 18.9 Å². The second-order valence-electron chi connectivity index (χ2n) is 4.36. The van der Waals surface area contributed by atoms with Crippen molar-refractivity contribution < 1.29 is 14.3 Å². The molecule has 0 atom stereocenters. The monoisotopic (exact) mass is 290 g/mol. The van der Waals surface area contributed by atoms with Crippen LogP contribution in [0.3, 0.4) is 0 Å². The largest absolute Gasteiger partial charge is 0.454 e. The number of aliphatic imine (C=N–C) groups is 1. The summed E-state index contributed by atoms with van der Waals surface area (Å²) in [6.07, 6.45) is 2.79. The van der Waals surface area contributed by atoms with Crippen molar-refractivity contribution in [2.45, 2.75) is 13.3 Å². The Balaban J connectivity index is 1.80. The second-order valence-corrected chi connectivity index (χ2v) is 5.39. The Morgan fingerprint density at radius 2 is 2.25 bits per heavy atom. The number of amides is 1. The normalized spacial score (nSPS) is 20.8. The number of amidine groups is 1. The number of benzene rings is 1. The Morgan fingerprint density at radius 3 is 3.10 bits per heavy atom. The van der Waals surface area contributed by atoms with Crippen molar-refractivity contribution in [1.82, 2.24) is 5.32 Å². The smallest absolute Gasteiger partial charge is 0.264 e. The number of ether oxygens (including phenoxy) is 2. The predicted molar refractivity (Wildman–Crippen MR) is 78.9 cm³/mol. The van der Waals surface area contributed by atoms with E-state index in [0.29, 0.717) is 15.8 Å². The third kappa shape index (κ3) is 2.65. The predicted octanol–water partition coefficient (Wildman–Crippen LogP) is 2.39. The van der Waals surface area contributed by atoms with Gasteiger partial charge in [0, 0.05) is 6.54 Å². The number of carbonyl (C=O) groups excluding carboxylic acids is 1. The van der Waals surface area contributed by atoms with E-state index < -0.39 is 0 Å². The fourth-order valence-corrected chi connectivity index (χ4v) is 2.72. The molecular formula is C14H14N2O3S. The zero-order valence-corrected chi connectivity index (χ0v) is 11.8. The Kier molecular flexibility index (Phi) is 3.64. The van der Waals surface area contributed by atoms with Crippen molar-refractivity contribution >= 4 is 28.9 Å². The molecule has 0 aliphatic carbocycles. The van der Waals surface area contributed by atoms with Gasteiger partial charge in [0.2, 0.25) is 6.79 Å². The Labute approximate surface area is 121 Å². The van der Waals surface area contributed by atoms with Crippen LogP contribution < -0.4 is 14.8 Å². The fraction of sp³-hybridized carbons (Fsp3) is 0.286. The SMILES string of the molecule is CCCN=C1NC(=O)C(=Cc2ccc3c(c2)OCO3)S1. The van der Waals surface area contributed by atoms with Crippen LogP contribution in [0.15, 0.2) is 28.1 Å². The lowest BCUT2D eigenvalue weighted by Crippen LogP contribution is -2.19. The summed E-state index contributed by atoms with van der Waals surface area (Å²) in [6, 6.07) is 5.61. The van der Waals surface area contributed by atoms with Crippen molar-refractivity contribution in [1.29, 1.82) is 0 Å². The summed E-state index contributed by atoms with van der Waals surface area (Å²) in [5.74, 6) is 1.34. The van der Waals surface area contributed by atoms with E-state index in [1.807, 2.05) is 24.3 Å². The van der Waals surface area contributed by atoms with Gasteiger partial charge in [-0.05, 0) is 42.0 Å². The summed E-state index contributed by atoms with van der Waals surface area (Å²) < 4.78 is 10.6. The number of fused-ring (bicyclic) bond motifs is 1. The molecule has 0 radical (unpaired) electrons. The van der Waals surface area contributed by atoms with Gasteiger partial charge >= 0.3 is 0 Å². The number of hydrogen-bond donors (Lipinski definition) is 1. The molecule has 0 unspecified atom stereocenters. The van der Waals surface area contributed by atoms with Gasteiger partial charge in [-0.3, -0.25) is 9.79 Å². The highest BCUT2D eigenvalue weighted by molar-refractivity contribution is 8.18. The molecule has 1 aromatic rings. The van der Waals surface area contributed by atoms with Crippen LogP contribution in [0.4, 0.5) is 0 Å². The molecular weight excluding hydrogens is 276 g/mol. The first-order valence-corrected chi connectivity index (χ1v) is 7.23. The minimum atomic E-state index is -0.109. The van der Waals surface area contributed by atoms with Crippen LogP contribution in [-0.4, -0.2) is 24.4 Å². The van der Waals surface area contributed by atoms with Crippen molar-refractivity contribution in [3.8, 4) is 11.5 Å². The molecule has 2 heterocycles. The first kappa shape index (κ1) is 13.1. The van der Waals surface area contributed by atoms with Gasteiger partial charge in [-0.15, -0.1) is 0 Å². The molecule has 6 heteroatoms. The molecule has 3 rings (SSSR count). The first-order chi connectivity index (χ1) is 9.76. The molecule has 0 saturated carbocycles. The van der Waals surface area contributed by atoms with Crippen molar-refractivity contribution in [3.63, 3.8) is 0 Å². The number of rotatable bonds is 3. The zero-order chi connectivity index (χ0) is 13.9. The minimum absolute atomic E-state index is 0.109. The standard InChI is InChI=1S/C14H14N2O3S/c1-2-5-15-14-16-13(17)12(20-14)7-9-3-4-10-11(6-9)19-8-18-10/h3-4,6-7H,2,5,8H2,1H3,(H,15,16,17). The Hall–Kier alpha value is -1.95. The van der Waals surface area contributed by atoms with Gasteiger partial charge in [-0.25, -0.2) is 0 Å². The lowest BCUT2D eigenvalue weighted by molar-refractivity contribution is -0.115. The number of carbonyl (C=O) groups is 1. The maximum atomic E-state index is 11.8. The van der Waals surface area contributed by atoms with Gasteiger partial charge in [0.15, 0.2) is 16.7 Å². The molecule has 0 spiro atoms. The fourth-order valence-electron chi connectivity index (χ4n) is 1.87. The van der Waals surface area contributed by atoms with E-state index >= 15 is 0 Å². The van der Waals surface area contributed by atoms with Gasteiger partial charge in [0.25, 0.3) is 5.91 Å². The van der Waals surface area contributed by atoms with Gasteiger partial charge in [-0.1, -0.05) is 13.0 Å². The van der Waals surface area contributed by atoms with E-state index in [0.717, 1.165) is 24.3 Å². The van der Waals surface area contributed by atoms with Crippen LogP contribution in [0.25, 0.3) is 6.08 Å². The van der Waals surface area contributed by atoms with Crippen molar-refractivity contribution in [2.24, 2.45) is 4.99 Å². The van der Waals surface area contributed by atoms with Crippen molar-refractivity contribution in [3.05, 3.63) is 28.7 Å².